The van der Waals surface area contributed by atoms with Crippen molar-refractivity contribution in [2.45, 2.75) is 43.0 Å². The molecule has 4 rings (SSSR count). The van der Waals surface area contributed by atoms with Gasteiger partial charge in [0.05, 0.1) is 17.2 Å². The number of amides is 2. The molecule has 0 heterocycles. The molecule has 0 aliphatic heterocycles. The lowest BCUT2D eigenvalue weighted by molar-refractivity contribution is -0.124. The summed E-state index contributed by atoms with van der Waals surface area (Å²) in [6.07, 6.45) is 3.50. The summed E-state index contributed by atoms with van der Waals surface area (Å²) in [7, 11) is -3.86. The predicted molar refractivity (Wildman–Crippen MR) is 141 cm³/mol. The molecule has 0 radical (unpaired) electrons. The van der Waals surface area contributed by atoms with Gasteiger partial charge in [-0.3, -0.25) is 9.59 Å². The highest BCUT2D eigenvalue weighted by Gasteiger charge is 2.32. The smallest absolute Gasteiger partial charge is 0.238 e. The number of benzene rings is 3. The van der Waals surface area contributed by atoms with Crippen molar-refractivity contribution >= 4 is 39.1 Å². The standard InChI is InChI=1S/C27H28ClN3O4S/c28-20-13-15-21(16-14-20)30-27(33)23-6-1-3-7-24(23)31-26(32)17-18-9-11-19(12-10-18)22-5-2-4-8-25(22)36(29,34)35/h2,4-5,8-16,23-24H,1,3,6-7,17H2,(H,30,33)(H,31,32)(H2,29,34,35)/t23-,24+/m0/s1. The molecule has 1 fully saturated rings. The minimum Gasteiger partial charge on any atom is -0.352 e. The molecule has 2 atom stereocenters. The third-order valence-corrected chi connectivity index (χ3v) is 7.61. The summed E-state index contributed by atoms with van der Waals surface area (Å²) in [5.41, 5.74) is 2.65. The average Bonchev–Trinajstić information content (AvgIpc) is 2.85. The fourth-order valence-corrected chi connectivity index (χ4v) is 5.47. The molecule has 188 valence electrons. The minimum atomic E-state index is -3.86. The summed E-state index contributed by atoms with van der Waals surface area (Å²) in [6, 6.07) is 20.4. The Kier molecular flexibility index (Phi) is 8.08. The van der Waals surface area contributed by atoms with E-state index in [0.29, 0.717) is 28.3 Å². The Hall–Kier alpha value is -3.20. The normalized spacial score (nSPS) is 17.8. The average molecular weight is 526 g/mol. The van der Waals surface area contributed by atoms with E-state index < -0.39 is 10.0 Å². The maximum Gasteiger partial charge on any atom is 0.238 e. The lowest BCUT2D eigenvalue weighted by atomic mass is 9.83. The molecule has 1 aliphatic rings. The lowest BCUT2D eigenvalue weighted by Gasteiger charge is -2.31. The second-order valence-corrected chi connectivity index (χ2v) is 10.9. The van der Waals surface area contributed by atoms with Crippen molar-refractivity contribution in [1.29, 1.82) is 0 Å². The SMILES string of the molecule is NS(=O)(=O)c1ccccc1-c1ccc(CC(=O)N[C@@H]2CCCC[C@@H]2C(=O)Nc2ccc(Cl)cc2)cc1. The maximum absolute atomic E-state index is 12.9. The Morgan fingerprint density at radius 1 is 0.917 bits per heavy atom. The van der Waals surface area contributed by atoms with Crippen LogP contribution in [0.4, 0.5) is 5.69 Å². The summed E-state index contributed by atoms with van der Waals surface area (Å²) >= 11 is 5.92. The van der Waals surface area contributed by atoms with Gasteiger partial charge < -0.3 is 10.6 Å². The first-order chi connectivity index (χ1) is 17.2. The summed E-state index contributed by atoms with van der Waals surface area (Å²) in [5, 5.41) is 11.9. The van der Waals surface area contributed by atoms with Crippen LogP contribution < -0.4 is 15.8 Å². The quantitative estimate of drug-likeness (QED) is 0.420. The minimum absolute atomic E-state index is 0.0516. The molecule has 2 amide bonds. The largest absolute Gasteiger partial charge is 0.352 e. The second kappa shape index (κ2) is 11.2. The van der Waals surface area contributed by atoms with Gasteiger partial charge in [-0.2, -0.15) is 0 Å². The molecule has 3 aromatic rings. The topological polar surface area (TPSA) is 118 Å². The van der Waals surface area contributed by atoms with E-state index in [-0.39, 0.29) is 35.1 Å². The first kappa shape index (κ1) is 25.9. The molecule has 0 spiro atoms. The van der Waals surface area contributed by atoms with Gasteiger partial charge in [-0.1, -0.05) is 66.9 Å². The second-order valence-electron chi connectivity index (χ2n) is 8.98. The van der Waals surface area contributed by atoms with Crippen molar-refractivity contribution < 1.29 is 18.0 Å². The summed E-state index contributed by atoms with van der Waals surface area (Å²) < 4.78 is 23.8. The first-order valence-electron chi connectivity index (χ1n) is 11.8. The Labute approximate surface area is 216 Å². The van der Waals surface area contributed by atoms with Crippen LogP contribution in [-0.2, 0) is 26.0 Å². The number of nitrogens with two attached hydrogens (primary N) is 1. The number of hydrogen-bond acceptors (Lipinski definition) is 4. The van der Waals surface area contributed by atoms with Crippen LogP contribution in [0.2, 0.25) is 5.02 Å². The van der Waals surface area contributed by atoms with Crippen molar-refractivity contribution in [2.75, 3.05) is 5.32 Å². The highest BCUT2D eigenvalue weighted by Crippen LogP contribution is 2.28. The Morgan fingerprint density at radius 2 is 1.58 bits per heavy atom. The van der Waals surface area contributed by atoms with Crippen LogP contribution in [-0.4, -0.2) is 26.3 Å². The Balaban J connectivity index is 1.40. The van der Waals surface area contributed by atoms with Crippen LogP contribution in [0.25, 0.3) is 11.1 Å². The zero-order chi connectivity index (χ0) is 25.7. The number of sulfonamides is 1. The van der Waals surface area contributed by atoms with Crippen molar-refractivity contribution in [2.24, 2.45) is 11.1 Å². The molecule has 0 bridgehead atoms. The number of carbonyl (C=O) groups is 2. The molecule has 1 saturated carbocycles. The number of carbonyl (C=O) groups excluding carboxylic acids is 2. The van der Waals surface area contributed by atoms with Crippen LogP contribution in [0.15, 0.2) is 77.7 Å². The number of nitrogens with one attached hydrogen (secondary N) is 2. The number of primary sulfonamides is 1. The predicted octanol–water partition coefficient (Wildman–Crippen LogP) is 4.51. The van der Waals surface area contributed by atoms with Gasteiger partial charge in [0.1, 0.15) is 0 Å². The van der Waals surface area contributed by atoms with E-state index in [4.69, 9.17) is 16.7 Å². The molecule has 4 N–H and O–H groups in total. The molecule has 0 unspecified atom stereocenters. The van der Waals surface area contributed by atoms with E-state index in [9.17, 15) is 18.0 Å². The van der Waals surface area contributed by atoms with Crippen LogP contribution >= 0.6 is 11.6 Å². The van der Waals surface area contributed by atoms with Gasteiger partial charge in [0.2, 0.25) is 21.8 Å². The van der Waals surface area contributed by atoms with Crippen LogP contribution in [0, 0.1) is 5.92 Å². The number of hydrogen-bond donors (Lipinski definition) is 3. The summed E-state index contributed by atoms with van der Waals surface area (Å²) in [4.78, 5) is 25.8. The lowest BCUT2D eigenvalue weighted by Crippen LogP contribution is -2.47. The van der Waals surface area contributed by atoms with Gasteiger partial charge in [0, 0.05) is 22.3 Å². The third kappa shape index (κ3) is 6.51. The van der Waals surface area contributed by atoms with Gasteiger partial charge in [-0.15, -0.1) is 0 Å². The highest BCUT2D eigenvalue weighted by molar-refractivity contribution is 7.89. The van der Waals surface area contributed by atoms with Gasteiger partial charge in [-0.25, -0.2) is 13.6 Å². The van der Waals surface area contributed by atoms with Crippen molar-refractivity contribution in [3.05, 3.63) is 83.4 Å². The molecule has 1 aliphatic carbocycles. The number of rotatable bonds is 7. The number of halogens is 1. The zero-order valence-corrected chi connectivity index (χ0v) is 21.2. The van der Waals surface area contributed by atoms with Crippen molar-refractivity contribution in [3.8, 4) is 11.1 Å². The molecule has 7 nitrogen and oxygen atoms in total. The molecule has 3 aromatic carbocycles. The van der Waals surface area contributed by atoms with Crippen LogP contribution in [0.3, 0.4) is 0 Å². The number of anilines is 1. The van der Waals surface area contributed by atoms with E-state index in [1.807, 2.05) is 0 Å². The van der Waals surface area contributed by atoms with Gasteiger partial charge in [-0.05, 0) is 54.3 Å². The Morgan fingerprint density at radius 3 is 2.28 bits per heavy atom. The zero-order valence-electron chi connectivity index (χ0n) is 19.6. The van der Waals surface area contributed by atoms with E-state index >= 15 is 0 Å². The molecule has 0 aromatic heterocycles. The van der Waals surface area contributed by atoms with E-state index in [0.717, 1.165) is 24.8 Å². The fraction of sp³-hybridized carbons (Fsp3) is 0.259. The fourth-order valence-electron chi connectivity index (χ4n) is 4.58. The van der Waals surface area contributed by atoms with Gasteiger partial charge in [0.25, 0.3) is 0 Å². The van der Waals surface area contributed by atoms with Gasteiger partial charge >= 0.3 is 0 Å². The monoisotopic (exact) mass is 525 g/mol. The van der Waals surface area contributed by atoms with E-state index in [1.165, 1.54) is 6.07 Å². The maximum atomic E-state index is 12.9. The molecular weight excluding hydrogens is 498 g/mol. The van der Waals surface area contributed by atoms with Gasteiger partial charge in [0.15, 0.2) is 0 Å². The summed E-state index contributed by atoms with van der Waals surface area (Å²) in [6.45, 7) is 0. The third-order valence-electron chi connectivity index (χ3n) is 6.38. The summed E-state index contributed by atoms with van der Waals surface area (Å²) in [5.74, 6) is -0.584. The van der Waals surface area contributed by atoms with Crippen molar-refractivity contribution in [1.82, 2.24) is 5.32 Å². The van der Waals surface area contributed by atoms with Crippen molar-refractivity contribution in [3.63, 3.8) is 0 Å². The molecular formula is C27H28ClN3O4S. The first-order valence-corrected chi connectivity index (χ1v) is 13.7. The highest BCUT2D eigenvalue weighted by atomic mass is 35.5. The molecule has 36 heavy (non-hydrogen) atoms. The molecule has 9 heteroatoms. The van der Waals surface area contributed by atoms with Crippen LogP contribution in [0.5, 0.6) is 0 Å². The van der Waals surface area contributed by atoms with E-state index in [2.05, 4.69) is 10.6 Å². The van der Waals surface area contributed by atoms with Crippen LogP contribution in [0.1, 0.15) is 31.2 Å². The Bertz CT molecular complexity index is 1340. The molecule has 0 saturated heterocycles. The van der Waals surface area contributed by atoms with E-state index in [1.54, 1.807) is 66.7 Å².